The normalized spacial score (nSPS) is 11.5. The van der Waals surface area contributed by atoms with Crippen LogP contribution in [0, 0.1) is 0 Å². The summed E-state index contributed by atoms with van der Waals surface area (Å²) in [4.78, 5) is 7.09. The van der Waals surface area contributed by atoms with E-state index in [0.29, 0.717) is 5.89 Å². The first kappa shape index (κ1) is 31.1. The molecule has 0 atom stereocenters. The number of oxazole rings is 1. The van der Waals surface area contributed by atoms with Gasteiger partial charge in [-0.3, -0.25) is 0 Å². The van der Waals surface area contributed by atoms with Crippen LogP contribution in [0.2, 0.25) is 0 Å². The molecule has 0 radical (unpaired) electrons. The van der Waals surface area contributed by atoms with Gasteiger partial charge in [0.2, 0.25) is 5.89 Å². The molecule has 0 amide bonds. The second-order valence-electron chi connectivity index (χ2n) is 13.7. The van der Waals surface area contributed by atoms with Crippen LogP contribution in [0.5, 0.6) is 0 Å². The predicted octanol–water partition coefficient (Wildman–Crippen LogP) is 13.3. The Labute approximate surface area is 294 Å². The van der Waals surface area contributed by atoms with Crippen molar-refractivity contribution < 1.29 is 4.42 Å². The highest BCUT2D eigenvalue weighted by Crippen LogP contribution is 2.40. The van der Waals surface area contributed by atoms with Crippen LogP contribution >= 0.6 is 0 Å². The molecule has 0 unspecified atom stereocenters. The van der Waals surface area contributed by atoms with Crippen molar-refractivity contribution in [3.63, 3.8) is 0 Å². The first-order valence-corrected chi connectivity index (χ1v) is 17.1. The highest BCUT2D eigenvalue weighted by Gasteiger charge is 2.18. The Hall–Kier alpha value is -6.19. The van der Waals surface area contributed by atoms with E-state index in [1.807, 2.05) is 0 Å². The Morgan fingerprint density at radius 1 is 0.440 bits per heavy atom. The number of fused-ring (bicyclic) bond motifs is 1. The highest BCUT2D eigenvalue weighted by molar-refractivity contribution is 5.92. The van der Waals surface area contributed by atoms with Gasteiger partial charge < -0.3 is 9.32 Å². The maximum absolute atomic E-state index is 6.25. The molecule has 1 aromatic heterocycles. The number of anilines is 3. The topological polar surface area (TPSA) is 29.3 Å². The zero-order chi connectivity index (χ0) is 34.1. The van der Waals surface area contributed by atoms with E-state index in [9.17, 15) is 0 Å². The third kappa shape index (κ3) is 6.10. The average Bonchev–Trinajstić information content (AvgIpc) is 3.60. The SMILES string of the molecule is CC(C)(C)c1ccc2nc(-c3ccc(-c4ccccc4-c4ccccc4-c4ccc(N(c5ccccc5)c5ccccc5)cc4)cc3)oc2c1. The molecular weight excluding hydrogens is 609 g/mol. The van der Waals surface area contributed by atoms with Crippen molar-refractivity contribution in [3.8, 4) is 44.8 Å². The molecule has 0 saturated heterocycles. The Morgan fingerprint density at radius 3 is 1.40 bits per heavy atom. The van der Waals surface area contributed by atoms with Crippen molar-refractivity contribution in [2.75, 3.05) is 4.90 Å². The molecule has 1 heterocycles. The maximum Gasteiger partial charge on any atom is 0.227 e. The van der Waals surface area contributed by atoms with Gasteiger partial charge in [0.25, 0.3) is 0 Å². The number of rotatable bonds is 7. The minimum absolute atomic E-state index is 0.0458. The number of hydrogen-bond acceptors (Lipinski definition) is 3. The van der Waals surface area contributed by atoms with Gasteiger partial charge in [0.15, 0.2) is 5.58 Å². The van der Waals surface area contributed by atoms with Crippen LogP contribution in [0.4, 0.5) is 17.1 Å². The van der Waals surface area contributed by atoms with E-state index in [4.69, 9.17) is 9.40 Å². The number of hydrogen-bond donors (Lipinski definition) is 0. The third-order valence-electron chi connectivity index (χ3n) is 9.31. The van der Waals surface area contributed by atoms with E-state index in [1.54, 1.807) is 0 Å². The summed E-state index contributed by atoms with van der Waals surface area (Å²) in [6.45, 7) is 6.63. The van der Waals surface area contributed by atoms with Crippen LogP contribution < -0.4 is 4.90 Å². The Kier molecular flexibility index (Phi) is 8.10. The largest absolute Gasteiger partial charge is 0.436 e. The molecule has 8 aromatic rings. The molecule has 0 fully saturated rings. The predicted molar refractivity (Wildman–Crippen MR) is 209 cm³/mol. The molecule has 7 aromatic carbocycles. The van der Waals surface area contributed by atoms with Crippen LogP contribution in [0.25, 0.3) is 55.9 Å². The summed E-state index contributed by atoms with van der Waals surface area (Å²) in [5.41, 5.74) is 14.3. The fourth-order valence-electron chi connectivity index (χ4n) is 6.64. The molecule has 0 aliphatic carbocycles. The van der Waals surface area contributed by atoms with Gasteiger partial charge in [-0.25, -0.2) is 4.98 Å². The molecule has 0 N–H and O–H groups in total. The van der Waals surface area contributed by atoms with Gasteiger partial charge in [0.1, 0.15) is 5.52 Å². The number of nitrogens with zero attached hydrogens (tertiary/aromatic N) is 2. The minimum Gasteiger partial charge on any atom is -0.436 e. The summed E-state index contributed by atoms with van der Waals surface area (Å²) in [6, 6.07) is 62.1. The monoisotopic (exact) mass is 646 g/mol. The lowest BCUT2D eigenvalue weighted by Crippen LogP contribution is -2.10. The summed E-state index contributed by atoms with van der Waals surface area (Å²) in [6.07, 6.45) is 0. The fraction of sp³-hybridized carbons (Fsp3) is 0.0851. The Balaban J connectivity index is 1.12. The van der Waals surface area contributed by atoms with Gasteiger partial charge in [-0.05, 0) is 105 Å². The average molecular weight is 647 g/mol. The van der Waals surface area contributed by atoms with Crippen molar-refractivity contribution in [1.29, 1.82) is 0 Å². The molecular formula is C47H38N2O. The van der Waals surface area contributed by atoms with Crippen LogP contribution in [-0.2, 0) is 5.41 Å². The smallest absolute Gasteiger partial charge is 0.227 e. The standard InChI is InChI=1S/C47H38N2O/c1-47(2,3)36-28-31-44-45(32-36)50-46(48-44)35-24-22-33(23-25-35)40-18-10-12-20-42(40)43-21-13-11-19-41(43)34-26-29-39(30-27-34)49(37-14-6-4-7-15-37)38-16-8-5-9-17-38/h4-32H,1-3H3. The second kappa shape index (κ2) is 13.0. The molecule has 3 nitrogen and oxygen atoms in total. The summed E-state index contributed by atoms with van der Waals surface area (Å²) in [7, 11) is 0. The first-order chi connectivity index (χ1) is 24.4. The van der Waals surface area contributed by atoms with E-state index in [-0.39, 0.29) is 5.41 Å². The van der Waals surface area contributed by atoms with Crippen molar-refractivity contribution in [1.82, 2.24) is 4.98 Å². The quantitative estimate of drug-likeness (QED) is 0.173. The van der Waals surface area contributed by atoms with Crippen molar-refractivity contribution in [2.24, 2.45) is 0 Å². The lowest BCUT2D eigenvalue weighted by molar-refractivity contribution is 0.584. The first-order valence-electron chi connectivity index (χ1n) is 17.1. The number of para-hydroxylation sites is 2. The molecule has 242 valence electrons. The summed E-state index contributed by atoms with van der Waals surface area (Å²) >= 11 is 0. The van der Waals surface area contributed by atoms with E-state index in [1.165, 1.54) is 33.4 Å². The van der Waals surface area contributed by atoms with E-state index < -0.39 is 0 Å². The van der Waals surface area contributed by atoms with Crippen LogP contribution in [0.3, 0.4) is 0 Å². The van der Waals surface area contributed by atoms with Crippen molar-refractivity contribution >= 4 is 28.2 Å². The molecule has 50 heavy (non-hydrogen) atoms. The molecule has 3 heteroatoms. The Bertz CT molecular complexity index is 2340. The van der Waals surface area contributed by atoms with Gasteiger partial charge >= 0.3 is 0 Å². The molecule has 0 bridgehead atoms. The fourth-order valence-corrected chi connectivity index (χ4v) is 6.64. The van der Waals surface area contributed by atoms with Gasteiger partial charge in [0, 0.05) is 22.6 Å². The molecule has 0 saturated carbocycles. The van der Waals surface area contributed by atoms with Crippen LogP contribution in [-0.4, -0.2) is 4.98 Å². The van der Waals surface area contributed by atoms with Gasteiger partial charge in [0.05, 0.1) is 0 Å². The van der Waals surface area contributed by atoms with E-state index in [2.05, 4.69) is 202 Å². The van der Waals surface area contributed by atoms with Crippen LogP contribution in [0.1, 0.15) is 26.3 Å². The molecule has 0 aliphatic rings. The maximum atomic E-state index is 6.25. The van der Waals surface area contributed by atoms with Gasteiger partial charge in [-0.15, -0.1) is 0 Å². The van der Waals surface area contributed by atoms with Crippen molar-refractivity contribution in [2.45, 2.75) is 26.2 Å². The Morgan fingerprint density at radius 2 is 0.880 bits per heavy atom. The highest BCUT2D eigenvalue weighted by atomic mass is 16.3. The third-order valence-corrected chi connectivity index (χ3v) is 9.31. The number of benzene rings is 7. The molecule has 0 spiro atoms. The minimum atomic E-state index is 0.0458. The van der Waals surface area contributed by atoms with Crippen LogP contribution in [0.15, 0.2) is 180 Å². The van der Waals surface area contributed by atoms with E-state index >= 15 is 0 Å². The summed E-state index contributed by atoms with van der Waals surface area (Å²) in [5, 5.41) is 0. The zero-order valence-corrected chi connectivity index (χ0v) is 28.5. The van der Waals surface area contributed by atoms with E-state index in [0.717, 1.165) is 39.3 Å². The lowest BCUT2D eigenvalue weighted by Gasteiger charge is -2.25. The van der Waals surface area contributed by atoms with Crippen molar-refractivity contribution in [3.05, 3.63) is 181 Å². The zero-order valence-electron chi connectivity index (χ0n) is 28.5. The second-order valence-corrected chi connectivity index (χ2v) is 13.7. The number of aromatic nitrogens is 1. The lowest BCUT2D eigenvalue weighted by atomic mass is 9.87. The molecule has 8 rings (SSSR count). The molecule has 0 aliphatic heterocycles. The van der Waals surface area contributed by atoms with Gasteiger partial charge in [-0.1, -0.05) is 136 Å². The summed E-state index contributed by atoms with van der Waals surface area (Å²) in [5.74, 6) is 0.637. The van der Waals surface area contributed by atoms with Gasteiger partial charge in [-0.2, -0.15) is 0 Å². The summed E-state index contributed by atoms with van der Waals surface area (Å²) < 4.78 is 6.25.